The molecule has 1 aromatic heterocycles. The summed E-state index contributed by atoms with van der Waals surface area (Å²) < 4.78 is 5.28. The third kappa shape index (κ3) is 3.65. The van der Waals surface area contributed by atoms with Crippen molar-refractivity contribution in [1.82, 2.24) is 5.32 Å². The zero-order valence-electron chi connectivity index (χ0n) is 10.5. The molecule has 1 heterocycles. The van der Waals surface area contributed by atoms with E-state index in [-0.39, 0.29) is 5.41 Å². The van der Waals surface area contributed by atoms with Crippen LogP contribution in [0.3, 0.4) is 0 Å². The van der Waals surface area contributed by atoms with Gasteiger partial charge in [-0.2, -0.15) is 0 Å². The van der Waals surface area contributed by atoms with E-state index in [1.165, 1.54) is 0 Å². The maximum absolute atomic E-state index is 5.85. The average molecular weight is 224 g/mol. The van der Waals surface area contributed by atoms with Gasteiger partial charge in [0.15, 0.2) is 0 Å². The molecule has 0 fully saturated rings. The maximum atomic E-state index is 5.85. The first-order chi connectivity index (χ1) is 7.76. The van der Waals surface area contributed by atoms with Gasteiger partial charge in [0.25, 0.3) is 0 Å². The van der Waals surface area contributed by atoms with E-state index in [0.29, 0.717) is 0 Å². The summed E-state index contributed by atoms with van der Waals surface area (Å²) in [6.45, 7) is 7.13. The Balaban J connectivity index is 2.23. The minimum Gasteiger partial charge on any atom is -0.469 e. The molecule has 16 heavy (non-hydrogen) atoms. The molecule has 3 heteroatoms. The van der Waals surface area contributed by atoms with Crippen LogP contribution in [0.1, 0.15) is 32.4 Å². The van der Waals surface area contributed by atoms with Crippen molar-refractivity contribution < 1.29 is 4.42 Å². The van der Waals surface area contributed by atoms with Gasteiger partial charge in [-0.05, 0) is 36.9 Å². The molecule has 0 aliphatic heterocycles. The largest absolute Gasteiger partial charge is 0.469 e. The van der Waals surface area contributed by atoms with E-state index in [2.05, 4.69) is 19.2 Å². The van der Waals surface area contributed by atoms with Gasteiger partial charge < -0.3 is 15.5 Å². The van der Waals surface area contributed by atoms with E-state index in [0.717, 1.165) is 44.7 Å². The minimum absolute atomic E-state index is 0.267. The molecule has 92 valence electrons. The van der Waals surface area contributed by atoms with Gasteiger partial charge in [0.1, 0.15) is 5.76 Å². The van der Waals surface area contributed by atoms with E-state index >= 15 is 0 Å². The van der Waals surface area contributed by atoms with Gasteiger partial charge in [-0.1, -0.05) is 13.8 Å². The molecule has 0 radical (unpaired) electrons. The standard InChI is InChI=1S/C13H24N2O/c1-3-13(4-2,10-14)11-15-8-7-12-6-5-9-16-12/h5-6,9,15H,3-4,7-8,10-11,14H2,1-2H3. The van der Waals surface area contributed by atoms with Gasteiger partial charge >= 0.3 is 0 Å². The molecule has 0 aliphatic rings. The fraction of sp³-hybridized carbons (Fsp3) is 0.692. The van der Waals surface area contributed by atoms with Crippen LogP contribution in [-0.2, 0) is 6.42 Å². The van der Waals surface area contributed by atoms with Gasteiger partial charge in [0, 0.05) is 19.5 Å². The van der Waals surface area contributed by atoms with Crippen LogP contribution in [0, 0.1) is 5.41 Å². The average Bonchev–Trinajstić information content (AvgIpc) is 2.83. The molecule has 0 amide bonds. The molecule has 0 spiro atoms. The van der Waals surface area contributed by atoms with Gasteiger partial charge in [0.2, 0.25) is 0 Å². The summed E-state index contributed by atoms with van der Waals surface area (Å²) in [5.74, 6) is 1.04. The second-order valence-electron chi connectivity index (χ2n) is 4.42. The Labute approximate surface area is 98.4 Å². The lowest BCUT2D eigenvalue weighted by Gasteiger charge is -2.30. The van der Waals surface area contributed by atoms with Crippen LogP contribution < -0.4 is 11.1 Å². The monoisotopic (exact) mass is 224 g/mol. The molecular formula is C13H24N2O. The summed E-state index contributed by atoms with van der Waals surface area (Å²) in [6, 6.07) is 3.94. The highest BCUT2D eigenvalue weighted by Gasteiger charge is 2.23. The summed E-state index contributed by atoms with van der Waals surface area (Å²) in [4.78, 5) is 0. The Morgan fingerprint density at radius 1 is 1.38 bits per heavy atom. The first-order valence-electron chi connectivity index (χ1n) is 6.19. The summed E-state index contributed by atoms with van der Waals surface area (Å²) >= 11 is 0. The molecular weight excluding hydrogens is 200 g/mol. The Morgan fingerprint density at radius 3 is 2.62 bits per heavy atom. The number of furan rings is 1. The molecule has 1 rings (SSSR count). The Bertz CT molecular complexity index is 257. The van der Waals surface area contributed by atoms with Crippen molar-refractivity contribution >= 4 is 0 Å². The number of hydrogen-bond acceptors (Lipinski definition) is 3. The van der Waals surface area contributed by atoms with Crippen LogP contribution >= 0.6 is 0 Å². The molecule has 3 N–H and O–H groups in total. The first kappa shape index (κ1) is 13.3. The van der Waals surface area contributed by atoms with Crippen molar-refractivity contribution in [2.75, 3.05) is 19.6 Å². The zero-order valence-corrected chi connectivity index (χ0v) is 10.5. The van der Waals surface area contributed by atoms with Crippen LogP contribution in [0.2, 0.25) is 0 Å². The van der Waals surface area contributed by atoms with Crippen LogP contribution in [-0.4, -0.2) is 19.6 Å². The predicted molar refractivity (Wildman–Crippen MR) is 67.4 cm³/mol. The second-order valence-corrected chi connectivity index (χ2v) is 4.42. The predicted octanol–water partition coefficient (Wildman–Crippen LogP) is 2.18. The Kier molecular flexibility index (Phi) is 5.56. The molecule has 0 aromatic carbocycles. The van der Waals surface area contributed by atoms with E-state index in [9.17, 15) is 0 Å². The van der Waals surface area contributed by atoms with Gasteiger partial charge in [-0.25, -0.2) is 0 Å². The van der Waals surface area contributed by atoms with E-state index in [4.69, 9.17) is 10.2 Å². The fourth-order valence-corrected chi connectivity index (χ4v) is 1.88. The maximum Gasteiger partial charge on any atom is 0.105 e. The molecule has 0 atom stereocenters. The normalized spacial score (nSPS) is 11.9. The minimum atomic E-state index is 0.267. The molecule has 0 saturated carbocycles. The lowest BCUT2D eigenvalue weighted by Crippen LogP contribution is -2.40. The molecule has 0 unspecified atom stereocenters. The fourth-order valence-electron chi connectivity index (χ4n) is 1.88. The Morgan fingerprint density at radius 2 is 2.12 bits per heavy atom. The van der Waals surface area contributed by atoms with Crippen LogP contribution in [0.5, 0.6) is 0 Å². The highest BCUT2D eigenvalue weighted by atomic mass is 16.3. The van der Waals surface area contributed by atoms with Crippen LogP contribution in [0.15, 0.2) is 22.8 Å². The zero-order chi connectivity index (χ0) is 11.9. The van der Waals surface area contributed by atoms with Crippen LogP contribution in [0.4, 0.5) is 0 Å². The van der Waals surface area contributed by atoms with Crippen molar-refractivity contribution in [3.05, 3.63) is 24.2 Å². The smallest absolute Gasteiger partial charge is 0.105 e. The lowest BCUT2D eigenvalue weighted by molar-refractivity contribution is 0.259. The van der Waals surface area contributed by atoms with Crippen molar-refractivity contribution in [1.29, 1.82) is 0 Å². The second kappa shape index (κ2) is 6.71. The number of nitrogens with one attached hydrogen (secondary N) is 1. The van der Waals surface area contributed by atoms with E-state index < -0.39 is 0 Å². The highest BCUT2D eigenvalue weighted by Crippen LogP contribution is 2.23. The van der Waals surface area contributed by atoms with E-state index in [1.807, 2.05) is 12.1 Å². The van der Waals surface area contributed by atoms with Crippen LogP contribution in [0.25, 0.3) is 0 Å². The quantitative estimate of drug-likeness (QED) is 0.665. The van der Waals surface area contributed by atoms with Crippen molar-refractivity contribution in [3.8, 4) is 0 Å². The third-order valence-corrected chi connectivity index (χ3v) is 3.56. The molecule has 0 aliphatic carbocycles. The number of nitrogens with two attached hydrogens (primary N) is 1. The van der Waals surface area contributed by atoms with Crippen molar-refractivity contribution in [2.45, 2.75) is 33.1 Å². The number of hydrogen-bond donors (Lipinski definition) is 2. The first-order valence-corrected chi connectivity index (χ1v) is 6.19. The van der Waals surface area contributed by atoms with Gasteiger partial charge in [0.05, 0.1) is 6.26 Å². The van der Waals surface area contributed by atoms with E-state index in [1.54, 1.807) is 6.26 Å². The highest BCUT2D eigenvalue weighted by molar-refractivity contribution is 4.98. The third-order valence-electron chi connectivity index (χ3n) is 3.56. The molecule has 1 aromatic rings. The molecule has 0 bridgehead atoms. The Hall–Kier alpha value is -0.800. The summed E-state index contributed by atoms with van der Waals surface area (Å²) in [5.41, 5.74) is 6.11. The topological polar surface area (TPSA) is 51.2 Å². The number of rotatable bonds is 8. The SMILES string of the molecule is CCC(CC)(CN)CNCCc1ccco1. The molecule has 0 saturated heterocycles. The van der Waals surface area contributed by atoms with Crippen molar-refractivity contribution in [2.24, 2.45) is 11.1 Å². The van der Waals surface area contributed by atoms with Gasteiger partial charge in [-0.3, -0.25) is 0 Å². The van der Waals surface area contributed by atoms with Gasteiger partial charge in [-0.15, -0.1) is 0 Å². The molecule has 3 nitrogen and oxygen atoms in total. The summed E-state index contributed by atoms with van der Waals surface area (Å²) in [6.07, 6.45) is 4.93. The summed E-state index contributed by atoms with van der Waals surface area (Å²) in [5, 5.41) is 3.48. The van der Waals surface area contributed by atoms with Crippen molar-refractivity contribution in [3.63, 3.8) is 0 Å². The summed E-state index contributed by atoms with van der Waals surface area (Å²) in [7, 11) is 0. The lowest BCUT2D eigenvalue weighted by atomic mass is 9.82.